The Kier molecular flexibility index (Phi) is 3.37. The zero-order valence-electron chi connectivity index (χ0n) is 10.5. The molecule has 0 bridgehead atoms. The average molecular weight is 252 g/mol. The summed E-state index contributed by atoms with van der Waals surface area (Å²) in [5.74, 6) is 0.895. The van der Waals surface area contributed by atoms with Crippen LogP contribution in [0, 0.1) is 5.92 Å². The zero-order chi connectivity index (χ0) is 12.4. The molecule has 2 N–H and O–H groups in total. The summed E-state index contributed by atoms with van der Waals surface area (Å²) in [7, 11) is 0. The Morgan fingerprint density at radius 2 is 2.22 bits per heavy atom. The van der Waals surface area contributed by atoms with Gasteiger partial charge in [0.25, 0.3) is 0 Å². The molecule has 5 heteroatoms. The molecule has 0 aromatic carbocycles. The molecule has 1 aromatic rings. The fourth-order valence-corrected chi connectivity index (χ4v) is 3.09. The lowest BCUT2D eigenvalue weighted by molar-refractivity contribution is -0.159. The molecule has 100 valence electrons. The summed E-state index contributed by atoms with van der Waals surface area (Å²) >= 11 is 0. The van der Waals surface area contributed by atoms with Crippen molar-refractivity contribution in [3.05, 3.63) is 18.2 Å². The van der Waals surface area contributed by atoms with Gasteiger partial charge in [-0.05, 0) is 31.6 Å². The second-order valence-electron chi connectivity index (χ2n) is 5.32. The lowest BCUT2D eigenvalue weighted by Gasteiger charge is -2.44. The summed E-state index contributed by atoms with van der Waals surface area (Å²) in [6, 6.07) is 0. The molecular weight excluding hydrogens is 232 g/mol. The van der Waals surface area contributed by atoms with Gasteiger partial charge in [0, 0.05) is 32.2 Å². The first-order valence-electron chi connectivity index (χ1n) is 6.68. The highest BCUT2D eigenvalue weighted by Gasteiger charge is 2.41. The first-order valence-corrected chi connectivity index (χ1v) is 6.68. The summed E-state index contributed by atoms with van der Waals surface area (Å²) in [4.78, 5) is 7.15. The lowest BCUT2D eigenvalue weighted by atomic mass is 9.78. The first-order chi connectivity index (χ1) is 8.79. The van der Waals surface area contributed by atoms with Crippen molar-refractivity contribution in [2.45, 2.75) is 37.4 Å². The van der Waals surface area contributed by atoms with Crippen LogP contribution < -0.4 is 0 Å². The second kappa shape index (κ2) is 4.99. The summed E-state index contributed by atoms with van der Waals surface area (Å²) in [5, 5.41) is 10.4. The Labute approximate surface area is 107 Å². The Morgan fingerprint density at radius 3 is 2.94 bits per heavy atom. The number of aromatic amines is 1. The van der Waals surface area contributed by atoms with Gasteiger partial charge in [0.15, 0.2) is 0 Å². The molecule has 1 spiro atoms. The molecule has 2 fully saturated rings. The van der Waals surface area contributed by atoms with E-state index in [2.05, 4.69) is 9.97 Å². The van der Waals surface area contributed by atoms with E-state index in [1.165, 1.54) is 0 Å². The molecule has 0 amide bonds. The van der Waals surface area contributed by atoms with E-state index in [1.807, 2.05) is 0 Å². The van der Waals surface area contributed by atoms with Crippen LogP contribution in [0.3, 0.4) is 0 Å². The number of aromatic nitrogens is 2. The average Bonchev–Trinajstić information content (AvgIpc) is 2.93. The number of imidazole rings is 1. The molecular formula is C13H20N2O3. The van der Waals surface area contributed by atoms with E-state index in [4.69, 9.17) is 9.47 Å². The third kappa shape index (κ3) is 2.30. The van der Waals surface area contributed by atoms with Gasteiger partial charge in [0.05, 0.1) is 5.60 Å². The van der Waals surface area contributed by atoms with E-state index < -0.39 is 6.10 Å². The van der Waals surface area contributed by atoms with Gasteiger partial charge in [-0.15, -0.1) is 0 Å². The maximum Gasteiger partial charge on any atom is 0.135 e. The number of rotatable bonds is 2. The number of nitrogens with one attached hydrogen (secondary N) is 1. The summed E-state index contributed by atoms with van der Waals surface area (Å²) in [6.07, 6.45) is 6.60. The standard InChI is InChI=1S/C13H20N2O3/c16-11(12-14-4-5-15-12)10-1-6-18-13(9-10)2-7-17-8-3-13/h4-5,10-11,16H,1-3,6-9H2,(H,14,15). The Bertz CT molecular complexity index is 368. The van der Waals surface area contributed by atoms with Crippen LogP contribution in [0.25, 0.3) is 0 Å². The molecule has 2 aliphatic rings. The van der Waals surface area contributed by atoms with Gasteiger partial charge in [0.2, 0.25) is 0 Å². The third-order valence-electron chi connectivity index (χ3n) is 4.18. The number of aliphatic hydroxyl groups is 1. The van der Waals surface area contributed by atoms with Crippen LogP contribution in [-0.2, 0) is 9.47 Å². The molecule has 0 aliphatic carbocycles. The number of hydrogen-bond acceptors (Lipinski definition) is 4. The number of aliphatic hydroxyl groups excluding tert-OH is 1. The van der Waals surface area contributed by atoms with Crippen LogP contribution in [0.2, 0.25) is 0 Å². The van der Waals surface area contributed by atoms with Gasteiger partial charge < -0.3 is 19.6 Å². The second-order valence-corrected chi connectivity index (χ2v) is 5.32. The van der Waals surface area contributed by atoms with Crippen LogP contribution >= 0.6 is 0 Å². The van der Waals surface area contributed by atoms with Crippen molar-refractivity contribution in [3.8, 4) is 0 Å². The fraction of sp³-hybridized carbons (Fsp3) is 0.769. The lowest BCUT2D eigenvalue weighted by Crippen LogP contribution is -2.45. The van der Waals surface area contributed by atoms with Crippen molar-refractivity contribution in [1.29, 1.82) is 0 Å². The van der Waals surface area contributed by atoms with Crippen molar-refractivity contribution in [1.82, 2.24) is 9.97 Å². The van der Waals surface area contributed by atoms with E-state index in [0.717, 1.165) is 45.5 Å². The largest absolute Gasteiger partial charge is 0.385 e. The summed E-state index contributed by atoms with van der Waals surface area (Å²) < 4.78 is 11.4. The maximum absolute atomic E-state index is 10.4. The maximum atomic E-state index is 10.4. The molecule has 2 unspecified atom stereocenters. The monoisotopic (exact) mass is 252 g/mol. The van der Waals surface area contributed by atoms with Crippen molar-refractivity contribution in [3.63, 3.8) is 0 Å². The van der Waals surface area contributed by atoms with E-state index in [9.17, 15) is 5.11 Å². The summed E-state index contributed by atoms with van der Waals surface area (Å²) in [5.41, 5.74) is -0.0747. The van der Waals surface area contributed by atoms with Gasteiger partial charge in [-0.1, -0.05) is 0 Å². The number of H-pyrrole nitrogens is 1. The quantitative estimate of drug-likeness (QED) is 0.835. The molecule has 0 saturated carbocycles. The molecule has 2 saturated heterocycles. The van der Waals surface area contributed by atoms with Crippen LogP contribution in [-0.4, -0.2) is 40.5 Å². The fourth-order valence-electron chi connectivity index (χ4n) is 3.09. The first kappa shape index (κ1) is 12.1. The molecule has 3 heterocycles. The van der Waals surface area contributed by atoms with Gasteiger partial charge in [-0.2, -0.15) is 0 Å². The third-order valence-corrected chi connectivity index (χ3v) is 4.18. The SMILES string of the molecule is OC(c1ncc[nH]1)C1CCOC2(CCOCC2)C1. The molecule has 18 heavy (non-hydrogen) atoms. The number of nitrogens with zero attached hydrogens (tertiary/aromatic N) is 1. The van der Waals surface area contributed by atoms with Crippen molar-refractivity contribution < 1.29 is 14.6 Å². The minimum absolute atomic E-state index is 0.0747. The Balaban J connectivity index is 1.70. The molecule has 5 nitrogen and oxygen atoms in total. The number of hydrogen-bond donors (Lipinski definition) is 2. The minimum atomic E-state index is -0.511. The summed E-state index contributed by atoms with van der Waals surface area (Å²) in [6.45, 7) is 2.26. The van der Waals surface area contributed by atoms with Gasteiger partial charge in [-0.25, -0.2) is 4.98 Å². The van der Waals surface area contributed by atoms with E-state index in [-0.39, 0.29) is 11.5 Å². The highest BCUT2D eigenvalue weighted by atomic mass is 16.5. The zero-order valence-corrected chi connectivity index (χ0v) is 10.5. The van der Waals surface area contributed by atoms with E-state index in [0.29, 0.717) is 5.82 Å². The number of ether oxygens (including phenoxy) is 2. The van der Waals surface area contributed by atoms with Crippen LogP contribution in [0.4, 0.5) is 0 Å². The van der Waals surface area contributed by atoms with Crippen molar-refractivity contribution in [2.75, 3.05) is 19.8 Å². The smallest absolute Gasteiger partial charge is 0.135 e. The van der Waals surface area contributed by atoms with Crippen LogP contribution in [0.15, 0.2) is 12.4 Å². The Morgan fingerprint density at radius 1 is 1.39 bits per heavy atom. The normalized spacial score (nSPS) is 29.3. The molecule has 3 rings (SSSR count). The van der Waals surface area contributed by atoms with Gasteiger partial charge in [-0.3, -0.25) is 0 Å². The highest BCUT2D eigenvalue weighted by molar-refractivity contribution is 4.98. The van der Waals surface area contributed by atoms with Gasteiger partial charge in [0.1, 0.15) is 11.9 Å². The highest BCUT2D eigenvalue weighted by Crippen LogP contribution is 2.41. The molecule has 2 atom stereocenters. The molecule has 1 aromatic heterocycles. The van der Waals surface area contributed by atoms with Crippen molar-refractivity contribution in [2.24, 2.45) is 5.92 Å². The topological polar surface area (TPSA) is 67.4 Å². The van der Waals surface area contributed by atoms with Crippen LogP contribution in [0.1, 0.15) is 37.6 Å². The predicted molar refractivity (Wildman–Crippen MR) is 65.0 cm³/mol. The Hall–Kier alpha value is -0.910. The van der Waals surface area contributed by atoms with Crippen molar-refractivity contribution >= 4 is 0 Å². The molecule has 0 radical (unpaired) electrons. The van der Waals surface area contributed by atoms with E-state index >= 15 is 0 Å². The molecule has 2 aliphatic heterocycles. The van der Waals surface area contributed by atoms with Crippen LogP contribution in [0.5, 0.6) is 0 Å². The van der Waals surface area contributed by atoms with E-state index in [1.54, 1.807) is 12.4 Å². The minimum Gasteiger partial charge on any atom is -0.385 e. The predicted octanol–water partition coefficient (Wildman–Crippen LogP) is 1.42. The van der Waals surface area contributed by atoms with Gasteiger partial charge >= 0.3 is 0 Å².